The van der Waals surface area contributed by atoms with E-state index >= 15 is 0 Å². The van der Waals surface area contributed by atoms with E-state index in [4.69, 9.17) is 0 Å². The summed E-state index contributed by atoms with van der Waals surface area (Å²) in [7, 11) is 0. The number of rotatable bonds is 3. The first-order chi connectivity index (χ1) is 8.31. The van der Waals surface area contributed by atoms with Crippen molar-refractivity contribution < 1.29 is 0 Å². The van der Waals surface area contributed by atoms with Gasteiger partial charge in [0.2, 0.25) is 0 Å². The van der Waals surface area contributed by atoms with E-state index in [-0.39, 0.29) is 0 Å². The van der Waals surface area contributed by atoms with Gasteiger partial charge in [-0.15, -0.1) is 11.3 Å². The van der Waals surface area contributed by atoms with Crippen LogP contribution in [-0.4, -0.2) is 15.0 Å². The van der Waals surface area contributed by atoms with Crippen LogP contribution in [0.4, 0.5) is 0 Å². The SMILES string of the molecule is Cc1csc(CCc2nc3ccccc3[nH]2)n1. The zero-order valence-electron chi connectivity index (χ0n) is 9.60. The molecule has 3 nitrogen and oxygen atoms in total. The molecule has 1 aromatic carbocycles. The van der Waals surface area contributed by atoms with E-state index in [1.807, 2.05) is 25.1 Å². The Kier molecular flexibility index (Phi) is 2.65. The number of benzene rings is 1. The quantitative estimate of drug-likeness (QED) is 0.768. The van der Waals surface area contributed by atoms with Gasteiger partial charge in [0.15, 0.2) is 0 Å². The lowest BCUT2D eigenvalue weighted by molar-refractivity contribution is 0.877. The molecule has 2 heterocycles. The summed E-state index contributed by atoms with van der Waals surface area (Å²) in [5.74, 6) is 1.04. The molecule has 86 valence electrons. The lowest BCUT2D eigenvalue weighted by atomic mass is 10.3. The van der Waals surface area contributed by atoms with E-state index in [1.165, 1.54) is 5.01 Å². The molecule has 3 aromatic rings. The number of aromatic nitrogens is 3. The average molecular weight is 243 g/mol. The first-order valence-electron chi connectivity index (χ1n) is 5.66. The number of imidazole rings is 1. The molecule has 0 unspecified atom stereocenters. The van der Waals surface area contributed by atoms with Crippen LogP contribution in [0.3, 0.4) is 0 Å². The maximum absolute atomic E-state index is 4.56. The summed E-state index contributed by atoms with van der Waals surface area (Å²) in [6.45, 7) is 2.03. The Morgan fingerprint density at radius 2 is 2.06 bits per heavy atom. The van der Waals surface area contributed by atoms with Crippen molar-refractivity contribution in [2.75, 3.05) is 0 Å². The molecular formula is C13H13N3S. The van der Waals surface area contributed by atoms with Crippen LogP contribution in [0.2, 0.25) is 0 Å². The predicted molar refractivity (Wildman–Crippen MR) is 70.4 cm³/mol. The molecule has 0 bridgehead atoms. The number of fused-ring (bicyclic) bond motifs is 1. The van der Waals surface area contributed by atoms with Crippen LogP contribution in [0.1, 0.15) is 16.5 Å². The number of para-hydroxylation sites is 2. The van der Waals surface area contributed by atoms with Crippen LogP contribution in [0.15, 0.2) is 29.6 Å². The third-order valence-electron chi connectivity index (χ3n) is 2.68. The minimum Gasteiger partial charge on any atom is -0.342 e. The predicted octanol–water partition coefficient (Wildman–Crippen LogP) is 3.11. The smallest absolute Gasteiger partial charge is 0.107 e. The summed E-state index contributed by atoms with van der Waals surface area (Å²) in [4.78, 5) is 12.4. The summed E-state index contributed by atoms with van der Waals surface area (Å²) in [5.41, 5.74) is 3.25. The first-order valence-corrected chi connectivity index (χ1v) is 6.54. The van der Waals surface area contributed by atoms with Crippen molar-refractivity contribution in [1.29, 1.82) is 0 Å². The van der Waals surface area contributed by atoms with Crippen molar-refractivity contribution in [3.05, 3.63) is 46.2 Å². The third-order valence-corrected chi connectivity index (χ3v) is 3.71. The van der Waals surface area contributed by atoms with Gasteiger partial charge in [-0.25, -0.2) is 9.97 Å². The van der Waals surface area contributed by atoms with Crippen molar-refractivity contribution in [3.8, 4) is 0 Å². The first kappa shape index (κ1) is 10.5. The Labute approximate surface area is 104 Å². The number of thiazole rings is 1. The molecule has 0 aliphatic rings. The highest BCUT2D eigenvalue weighted by Crippen LogP contribution is 2.14. The van der Waals surface area contributed by atoms with Crippen molar-refractivity contribution in [2.45, 2.75) is 19.8 Å². The minimum atomic E-state index is 0.918. The molecule has 0 fully saturated rings. The molecular weight excluding hydrogens is 230 g/mol. The zero-order valence-corrected chi connectivity index (χ0v) is 10.4. The van der Waals surface area contributed by atoms with Gasteiger partial charge in [-0.2, -0.15) is 0 Å². The van der Waals surface area contributed by atoms with E-state index in [0.29, 0.717) is 0 Å². The maximum atomic E-state index is 4.56. The topological polar surface area (TPSA) is 41.6 Å². The molecule has 17 heavy (non-hydrogen) atoms. The standard InChI is InChI=1S/C13H13N3S/c1-9-8-17-13(14-9)7-6-12-15-10-4-2-3-5-11(10)16-12/h2-5,8H,6-7H2,1H3,(H,15,16). The average Bonchev–Trinajstić information content (AvgIpc) is 2.91. The van der Waals surface area contributed by atoms with Crippen LogP contribution >= 0.6 is 11.3 Å². The number of aryl methyl sites for hydroxylation is 3. The van der Waals surface area contributed by atoms with Gasteiger partial charge in [0.1, 0.15) is 5.82 Å². The molecule has 1 N–H and O–H groups in total. The Hall–Kier alpha value is -1.68. The molecule has 3 rings (SSSR count). The number of nitrogens with zero attached hydrogens (tertiary/aromatic N) is 2. The normalized spacial score (nSPS) is 11.1. The van der Waals surface area contributed by atoms with Crippen molar-refractivity contribution >= 4 is 22.4 Å². The molecule has 0 aliphatic heterocycles. The summed E-state index contributed by atoms with van der Waals surface area (Å²) >= 11 is 1.72. The van der Waals surface area contributed by atoms with Gasteiger partial charge in [-0.1, -0.05) is 12.1 Å². The molecule has 0 amide bonds. The Morgan fingerprint density at radius 1 is 1.18 bits per heavy atom. The summed E-state index contributed by atoms with van der Waals surface area (Å²) in [5, 5.41) is 3.27. The van der Waals surface area contributed by atoms with E-state index in [2.05, 4.69) is 26.4 Å². The number of H-pyrrole nitrogens is 1. The number of nitrogens with one attached hydrogen (secondary N) is 1. The highest BCUT2D eigenvalue weighted by atomic mass is 32.1. The second kappa shape index (κ2) is 4.30. The molecule has 4 heteroatoms. The van der Waals surface area contributed by atoms with Gasteiger partial charge in [0.25, 0.3) is 0 Å². The van der Waals surface area contributed by atoms with Crippen molar-refractivity contribution in [1.82, 2.24) is 15.0 Å². The summed E-state index contributed by atoms with van der Waals surface area (Å²) < 4.78 is 0. The van der Waals surface area contributed by atoms with Crippen molar-refractivity contribution in [3.63, 3.8) is 0 Å². The lowest BCUT2D eigenvalue weighted by Gasteiger charge is -1.92. The van der Waals surface area contributed by atoms with Gasteiger partial charge in [0.05, 0.1) is 16.0 Å². The monoisotopic (exact) mass is 243 g/mol. The van der Waals surface area contributed by atoms with Gasteiger partial charge < -0.3 is 4.98 Å². The van der Waals surface area contributed by atoms with E-state index < -0.39 is 0 Å². The van der Waals surface area contributed by atoms with Crippen LogP contribution < -0.4 is 0 Å². The fraction of sp³-hybridized carbons (Fsp3) is 0.231. The van der Waals surface area contributed by atoms with Gasteiger partial charge in [-0.3, -0.25) is 0 Å². The highest BCUT2D eigenvalue weighted by Gasteiger charge is 2.04. The molecule has 0 saturated heterocycles. The Balaban J connectivity index is 1.76. The Morgan fingerprint density at radius 3 is 2.82 bits per heavy atom. The molecule has 0 saturated carbocycles. The van der Waals surface area contributed by atoms with Gasteiger partial charge >= 0.3 is 0 Å². The van der Waals surface area contributed by atoms with Gasteiger partial charge in [-0.05, 0) is 19.1 Å². The molecule has 0 spiro atoms. The van der Waals surface area contributed by atoms with Crippen molar-refractivity contribution in [2.24, 2.45) is 0 Å². The van der Waals surface area contributed by atoms with E-state index in [1.54, 1.807) is 11.3 Å². The maximum Gasteiger partial charge on any atom is 0.107 e. The van der Waals surface area contributed by atoms with Crippen LogP contribution in [0.25, 0.3) is 11.0 Å². The highest BCUT2D eigenvalue weighted by molar-refractivity contribution is 7.09. The second-order valence-corrected chi connectivity index (χ2v) is 5.03. The summed E-state index contributed by atoms with van der Waals surface area (Å²) in [6, 6.07) is 8.12. The molecule has 0 atom stereocenters. The molecule has 0 aliphatic carbocycles. The lowest BCUT2D eigenvalue weighted by Crippen LogP contribution is -1.92. The van der Waals surface area contributed by atoms with Crippen LogP contribution in [0, 0.1) is 6.92 Å². The zero-order chi connectivity index (χ0) is 11.7. The van der Waals surface area contributed by atoms with Crippen LogP contribution in [-0.2, 0) is 12.8 Å². The molecule has 0 radical (unpaired) electrons. The minimum absolute atomic E-state index is 0.918. The van der Waals surface area contributed by atoms with E-state index in [0.717, 1.165) is 35.4 Å². The largest absolute Gasteiger partial charge is 0.342 e. The molecule has 2 aromatic heterocycles. The fourth-order valence-corrected chi connectivity index (χ4v) is 2.64. The van der Waals surface area contributed by atoms with E-state index in [9.17, 15) is 0 Å². The second-order valence-electron chi connectivity index (χ2n) is 4.08. The number of hydrogen-bond acceptors (Lipinski definition) is 3. The fourth-order valence-electron chi connectivity index (χ4n) is 1.87. The summed E-state index contributed by atoms with van der Waals surface area (Å²) in [6.07, 6.45) is 1.87. The number of hydrogen-bond donors (Lipinski definition) is 1. The Bertz CT molecular complexity index is 606. The van der Waals surface area contributed by atoms with Gasteiger partial charge in [0, 0.05) is 23.9 Å². The number of aromatic amines is 1. The third kappa shape index (κ3) is 2.22. The van der Waals surface area contributed by atoms with Crippen LogP contribution in [0.5, 0.6) is 0 Å².